The summed E-state index contributed by atoms with van der Waals surface area (Å²) in [6.07, 6.45) is 0.826. The molecule has 1 unspecified atom stereocenters. The monoisotopic (exact) mass is 324 g/mol. The van der Waals surface area contributed by atoms with E-state index >= 15 is 0 Å². The van der Waals surface area contributed by atoms with E-state index < -0.39 is 8.07 Å². The molecule has 1 saturated heterocycles. The zero-order chi connectivity index (χ0) is 16.5. The van der Waals surface area contributed by atoms with Crippen molar-refractivity contribution < 1.29 is 9.53 Å². The van der Waals surface area contributed by atoms with Crippen LogP contribution in [0.25, 0.3) is 0 Å². The second-order valence-corrected chi connectivity index (χ2v) is 12.3. The van der Waals surface area contributed by atoms with Crippen LogP contribution in [0.2, 0.25) is 10.6 Å². The predicted molar refractivity (Wildman–Crippen MR) is 96.9 cm³/mol. The maximum atomic E-state index is 12.6. The number of carbonyl (C=O) groups excluding carboxylic acids is 1. The van der Waals surface area contributed by atoms with E-state index in [-0.39, 0.29) is 16.5 Å². The molecule has 0 aromatic heterocycles. The van der Waals surface area contributed by atoms with E-state index in [0.29, 0.717) is 6.61 Å². The molecule has 0 amide bonds. The summed E-state index contributed by atoms with van der Waals surface area (Å²) in [5.74, 6) is -0.0145. The lowest BCUT2D eigenvalue weighted by Gasteiger charge is -2.46. The minimum atomic E-state index is -2.35. The van der Waals surface area contributed by atoms with Crippen molar-refractivity contribution >= 4 is 24.4 Å². The van der Waals surface area contributed by atoms with Crippen LogP contribution in [0.15, 0.2) is 60.7 Å². The molecule has 120 valence electrons. The Labute approximate surface area is 139 Å². The average Bonchev–Trinajstić information content (AvgIpc) is 2.95. The Morgan fingerprint density at radius 2 is 1.39 bits per heavy atom. The van der Waals surface area contributed by atoms with Gasteiger partial charge in [-0.1, -0.05) is 91.8 Å². The largest absolute Gasteiger partial charge is 0.466 e. The first-order valence-electron chi connectivity index (χ1n) is 8.25. The molecule has 2 aromatic carbocycles. The van der Waals surface area contributed by atoms with Crippen molar-refractivity contribution in [1.82, 2.24) is 0 Å². The molecule has 1 aliphatic heterocycles. The Balaban J connectivity index is 2.33. The first-order chi connectivity index (χ1) is 11.0. The number of benzene rings is 2. The molecule has 2 nitrogen and oxygen atoms in total. The quantitative estimate of drug-likeness (QED) is 0.639. The van der Waals surface area contributed by atoms with E-state index in [1.807, 2.05) is 12.1 Å². The maximum absolute atomic E-state index is 12.6. The van der Waals surface area contributed by atoms with Crippen molar-refractivity contribution in [3.63, 3.8) is 0 Å². The Morgan fingerprint density at radius 1 is 0.913 bits per heavy atom. The molecule has 0 spiro atoms. The van der Waals surface area contributed by atoms with Gasteiger partial charge in [-0.05, 0) is 11.5 Å². The van der Waals surface area contributed by atoms with Crippen LogP contribution in [0, 0.1) is 0 Å². The molecule has 1 atom stereocenters. The SMILES string of the molecule is CC(C)(C)[Si](c1ccccc1)(c1ccccc1)C1CCOC1=O. The highest BCUT2D eigenvalue weighted by atomic mass is 28.3. The molecule has 1 heterocycles. The van der Waals surface area contributed by atoms with Gasteiger partial charge < -0.3 is 4.74 Å². The molecule has 0 bridgehead atoms. The van der Waals surface area contributed by atoms with Crippen LogP contribution in [0.5, 0.6) is 0 Å². The second kappa shape index (κ2) is 5.97. The zero-order valence-corrected chi connectivity index (χ0v) is 15.1. The fourth-order valence-electron chi connectivity index (χ4n) is 4.25. The third-order valence-corrected chi connectivity index (χ3v) is 11.5. The summed E-state index contributed by atoms with van der Waals surface area (Å²) >= 11 is 0. The van der Waals surface area contributed by atoms with Gasteiger partial charge in [0.15, 0.2) is 0 Å². The number of esters is 1. The van der Waals surface area contributed by atoms with E-state index in [0.717, 1.165) is 6.42 Å². The number of hydrogen-bond acceptors (Lipinski definition) is 2. The summed E-state index contributed by atoms with van der Waals surface area (Å²) in [4.78, 5) is 12.6. The highest BCUT2D eigenvalue weighted by Crippen LogP contribution is 2.46. The number of ether oxygens (including phenoxy) is 1. The summed E-state index contributed by atoms with van der Waals surface area (Å²) < 4.78 is 5.41. The Bertz CT molecular complexity index is 634. The molecule has 3 heteroatoms. The van der Waals surface area contributed by atoms with Gasteiger partial charge in [-0.2, -0.15) is 0 Å². The highest BCUT2D eigenvalue weighted by Gasteiger charge is 2.57. The first-order valence-corrected chi connectivity index (χ1v) is 10.3. The summed E-state index contributed by atoms with van der Waals surface area (Å²) in [6, 6.07) is 21.3. The van der Waals surface area contributed by atoms with E-state index in [2.05, 4.69) is 69.3 Å². The smallest absolute Gasteiger partial charge is 0.307 e. The zero-order valence-electron chi connectivity index (χ0n) is 14.1. The van der Waals surface area contributed by atoms with Crippen molar-refractivity contribution in [3.05, 3.63) is 60.7 Å². The average molecular weight is 324 g/mol. The van der Waals surface area contributed by atoms with E-state index in [4.69, 9.17) is 4.74 Å². The molecule has 1 fully saturated rings. The lowest BCUT2D eigenvalue weighted by molar-refractivity contribution is -0.138. The number of hydrogen-bond donors (Lipinski definition) is 0. The lowest BCUT2D eigenvalue weighted by atomic mass is 10.2. The fourth-order valence-corrected chi connectivity index (χ4v) is 10.6. The van der Waals surface area contributed by atoms with Gasteiger partial charge in [0.05, 0.1) is 12.1 Å². The topological polar surface area (TPSA) is 26.3 Å². The first kappa shape index (κ1) is 16.0. The van der Waals surface area contributed by atoms with Crippen LogP contribution in [-0.2, 0) is 9.53 Å². The number of cyclic esters (lactones) is 1. The van der Waals surface area contributed by atoms with Crippen LogP contribution < -0.4 is 10.4 Å². The molecular formula is C20H24O2Si. The van der Waals surface area contributed by atoms with E-state index in [1.165, 1.54) is 10.4 Å². The minimum Gasteiger partial charge on any atom is -0.466 e. The molecule has 2 aromatic rings. The van der Waals surface area contributed by atoms with Crippen molar-refractivity contribution in [2.24, 2.45) is 0 Å². The van der Waals surface area contributed by atoms with Crippen molar-refractivity contribution in [3.8, 4) is 0 Å². The van der Waals surface area contributed by atoms with Gasteiger partial charge >= 0.3 is 5.97 Å². The molecular weight excluding hydrogens is 300 g/mol. The molecule has 23 heavy (non-hydrogen) atoms. The van der Waals surface area contributed by atoms with Gasteiger partial charge in [0.2, 0.25) is 0 Å². The van der Waals surface area contributed by atoms with E-state index in [9.17, 15) is 4.79 Å². The number of rotatable bonds is 3. The third-order valence-electron chi connectivity index (χ3n) is 5.10. The lowest BCUT2D eigenvalue weighted by Crippen LogP contribution is -2.68. The normalized spacial score (nSPS) is 18.7. The van der Waals surface area contributed by atoms with Gasteiger partial charge in [-0.3, -0.25) is 4.79 Å². The summed E-state index contributed by atoms with van der Waals surface area (Å²) in [5.41, 5.74) is -0.0210. The summed E-state index contributed by atoms with van der Waals surface area (Å²) in [5, 5.41) is 2.65. The fraction of sp³-hybridized carbons (Fsp3) is 0.350. The molecule has 1 aliphatic rings. The van der Waals surface area contributed by atoms with Gasteiger partial charge in [-0.25, -0.2) is 0 Å². The van der Waals surface area contributed by atoms with Crippen molar-refractivity contribution in [2.45, 2.75) is 37.8 Å². The van der Waals surface area contributed by atoms with Crippen LogP contribution in [0.4, 0.5) is 0 Å². The Hall–Kier alpha value is -1.87. The third kappa shape index (κ3) is 2.53. The molecule has 0 radical (unpaired) electrons. The summed E-state index contributed by atoms with van der Waals surface area (Å²) in [6.45, 7) is 7.40. The van der Waals surface area contributed by atoms with E-state index in [1.54, 1.807) is 0 Å². The molecule has 0 N–H and O–H groups in total. The molecule has 0 saturated carbocycles. The second-order valence-electron chi connectivity index (χ2n) is 7.30. The van der Waals surface area contributed by atoms with Crippen LogP contribution in [0.3, 0.4) is 0 Å². The van der Waals surface area contributed by atoms with Crippen LogP contribution in [0.1, 0.15) is 27.2 Å². The number of carbonyl (C=O) groups is 1. The Kier molecular flexibility index (Phi) is 4.15. The molecule has 0 aliphatic carbocycles. The van der Waals surface area contributed by atoms with Crippen LogP contribution in [-0.4, -0.2) is 20.7 Å². The maximum Gasteiger partial charge on any atom is 0.307 e. The summed E-state index contributed by atoms with van der Waals surface area (Å²) in [7, 11) is -2.35. The van der Waals surface area contributed by atoms with Crippen LogP contribution >= 0.6 is 0 Å². The highest BCUT2D eigenvalue weighted by molar-refractivity contribution is 7.06. The standard InChI is InChI=1S/C20H24O2Si/c1-20(2,3)23(16-10-6-4-7-11-16,17-12-8-5-9-13-17)18-14-15-22-19(18)21/h4-13,18H,14-15H2,1-3H3. The minimum absolute atomic E-state index is 0.00370. The predicted octanol–water partition coefficient (Wildman–Crippen LogP) is 3.37. The Morgan fingerprint density at radius 3 is 1.74 bits per heavy atom. The van der Waals surface area contributed by atoms with Gasteiger partial charge in [0.1, 0.15) is 8.07 Å². The van der Waals surface area contributed by atoms with Crippen molar-refractivity contribution in [2.75, 3.05) is 6.61 Å². The van der Waals surface area contributed by atoms with Gasteiger partial charge in [0.25, 0.3) is 0 Å². The van der Waals surface area contributed by atoms with Crippen molar-refractivity contribution in [1.29, 1.82) is 0 Å². The molecule has 3 rings (SSSR count). The van der Waals surface area contributed by atoms with Gasteiger partial charge in [-0.15, -0.1) is 0 Å². The van der Waals surface area contributed by atoms with Gasteiger partial charge in [0, 0.05) is 0 Å².